The van der Waals surface area contributed by atoms with Gasteiger partial charge in [0, 0.05) is 25.2 Å². The van der Waals surface area contributed by atoms with Crippen molar-refractivity contribution >= 4 is 17.9 Å². The Balaban J connectivity index is 1.81. The van der Waals surface area contributed by atoms with Gasteiger partial charge in [0.25, 0.3) is 0 Å². The highest BCUT2D eigenvalue weighted by Crippen LogP contribution is 2.43. The molecule has 1 aliphatic heterocycles. The SMILES string of the molecule is O=C(O)CCC1CC(c2cc(-c3ccccc3)ccc2C(=O)O)C[C@@H]2[C@@H](C#C[C@H](O)CCCCC(=O)O1)[C@H](O)C[C@@H]2O. The van der Waals surface area contributed by atoms with Crippen LogP contribution in [0.5, 0.6) is 0 Å². The average Bonchev–Trinajstić information content (AvgIpc) is 3.22. The summed E-state index contributed by atoms with van der Waals surface area (Å²) in [6.07, 6.45) is -2.06. The first-order valence-electron chi connectivity index (χ1n) is 14.5. The summed E-state index contributed by atoms with van der Waals surface area (Å²) in [4.78, 5) is 36.7. The van der Waals surface area contributed by atoms with Gasteiger partial charge in [0.2, 0.25) is 0 Å². The number of hydrogen-bond acceptors (Lipinski definition) is 7. The molecule has 0 bridgehead atoms. The topological polar surface area (TPSA) is 162 Å². The minimum Gasteiger partial charge on any atom is -0.481 e. The first kappa shape index (κ1) is 31.2. The number of carbonyl (C=O) groups is 3. The summed E-state index contributed by atoms with van der Waals surface area (Å²) >= 11 is 0. The number of rotatable bonds is 6. The molecule has 0 aromatic heterocycles. The summed E-state index contributed by atoms with van der Waals surface area (Å²) in [6, 6.07) is 14.5. The molecule has 1 aliphatic carbocycles. The summed E-state index contributed by atoms with van der Waals surface area (Å²) in [5.41, 5.74) is 2.16. The van der Waals surface area contributed by atoms with Crippen molar-refractivity contribution in [3.8, 4) is 23.0 Å². The Morgan fingerprint density at radius 1 is 0.881 bits per heavy atom. The van der Waals surface area contributed by atoms with Crippen LogP contribution in [0.15, 0.2) is 48.5 Å². The van der Waals surface area contributed by atoms with E-state index in [0.717, 1.165) is 11.1 Å². The molecule has 1 fully saturated rings. The summed E-state index contributed by atoms with van der Waals surface area (Å²) in [5.74, 6) is 1.29. The van der Waals surface area contributed by atoms with E-state index in [4.69, 9.17) is 4.74 Å². The van der Waals surface area contributed by atoms with Gasteiger partial charge in [-0.1, -0.05) is 54.3 Å². The lowest BCUT2D eigenvalue weighted by atomic mass is 9.77. The number of aromatic carboxylic acids is 1. The van der Waals surface area contributed by atoms with Gasteiger partial charge in [-0.05, 0) is 67.2 Å². The number of carboxylic acid groups (broad SMARTS) is 2. The number of carbonyl (C=O) groups excluding carboxylic acids is 1. The highest BCUT2D eigenvalue weighted by Gasteiger charge is 2.43. The Morgan fingerprint density at radius 2 is 1.64 bits per heavy atom. The molecule has 0 spiro atoms. The van der Waals surface area contributed by atoms with Gasteiger partial charge in [-0.2, -0.15) is 0 Å². The monoisotopic (exact) mass is 578 g/mol. The third kappa shape index (κ3) is 8.19. The zero-order valence-corrected chi connectivity index (χ0v) is 23.4. The van der Waals surface area contributed by atoms with Gasteiger partial charge in [-0.15, -0.1) is 0 Å². The largest absolute Gasteiger partial charge is 0.481 e. The molecule has 2 aliphatic rings. The van der Waals surface area contributed by atoms with Crippen molar-refractivity contribution in [3.05, 3.63) is 59.7 Å². The molecule has 4 rings (SSSR count). The normalized spacial score (nSPS) is 28.7. The molecule has 0 amide bonds. The molecule has 224 valence electrons. The van der Waals surface area contributed by atoms with Crippen molar-refractivity contribution in [1.82, 2.24) is 0 Å². The van der Waals surface area contributed by atoms with Crippen LogP contribution in [0, 0.1) is 23.7 Å². The number of carboxylic acids is 2. The quantitative estimate of drug-likeness (QED) is 0.252. The first-order chi connectivity index (χ1) is 20.1. The standard InChI is InChI=1S/C33H38O9/c34-23-8-4-5-9-32(39)42-24(12-15-31(37)38)16-22(18-28-25(14-11-23)29(35)19-30(28)36)27-17-21(10-13-26(27)33(40)41)20-6-2-1-3-7-20/h1-3,6-7,10,13,17,22-25,28-30,34-36H,4-5,8-9,12,15-16,18-19H2,(H,37,38)(H,40,41)/t22?,23-,24?,25-,28-,29-,30+/m1/s1. The van der Waals surface area contributed by atoms with Gasteiger partial charge in [0.1, 0.15) is 12.2 Å². The van der Waals surface area contributed by atoms with Crippen LogP contribution in [0.3, 0.4) is 0 Å². The predicted octanol–water partition coefficient (Wildman–Crippen LogP) is 3.99. The first-order valence-corrected chi connectivity index (χ1v) is 14.5. The van der Waals surface area contributed by atoms with Crippen molar-refractivity contribution in [2.24, 2.45) is 11.8 Å². The van der Waals surface area contributed by atoms with Crippen molar-refractivity contribution in [2.45, 2.75) is 88.1 Å². The number of hydrogen-bond donors (Lipinski definition) is 5. The van der Waals surface area contributed by atoms with Crippen LogP contribution in [-0.4, -0.2) is 67.9 Å². The second kappa shape index (κ2) is 14.5. The van der Waals surface area contributed by atoms with Crippen LogP contribution in [0.1, 0.15) is 79.6 Å². The van der Waals surface area contributed by atoms with Gasteiger partial charge in [0.15, 0.2) is 0 Å². The smallest absolute Gasteiger partial charge is 0.335 e. The molecule has 1 heterocycles. The minimum absolute atomic E-state index is 0.0378. The van der Waals surface area contributed by atoms with Crippen LogP contribution < -0.4 is 0 Å². The molecule has 2 aromatic rings. The molecule has 9 heteroatoms. The van der Waals surface area contributed by atoms with E-state index in [-0.39, 0.29) is 44.1 Å². The van der Waals surface area contributed by atoms with E-state index in [1.807, 2.05) is 30.3 Å². The number of aliphatic hydroxyl groups excluding tert-OH is 3. The lowest BCUT2D eigenvalue weighted by Crippen LogP contribution is -2.27. The molecule has 1 saturated carbocycles. The van der Waals surface area contributed by atoms with Gasteiger partial charge in [-0.25, -0.2) is 4.79 Å². The van der Waals surface area contributed by atoms with E-state index >= 15 is 0 Å². The maximum absolute atomic E-state index is 12.8. The van der Waals surface area contributed by atoms with Crippen LogP contribution in [0.25, 0.3) is 11.1 Å². The van der Waals surface area contributed by atoms with Gasteiger partial charge < -0.3 is 30.3 Å². The molecule has 0 radical (unpaired) electrons. The predicted molar refractivity (Wildman–Crippen MR) is 153 cm³/mol. The number of aliphatic hydroxyl groups is 3. The Bertz CT molecular complexity index is 1310. The van der Waals surface area contributed by atoms with Crippen molar-refractivity contribution < 1.29 is 44.7 Å². The molecule has 7 atom stereocenters. The van der Waals surface area contributed by atoms with Crippen molar-refractivity contribution in [3.63, 3.8) is 0 Å². The highest BCUT2D eigenvalue weighted by atomic mass is 16.5. The summed E-state index contributed by atoms with van der Waals surface area (Å²) in [7, 11) is 0. The Hall–Kier alpha value is -3.71. The lowest BCUT2D eigenvalue weighted by Gasteiger charge is -2.30. The third-order valence-electron chi connectivity index (χ3n) is 8.29. The second-order valence-electron chi connectivity index (χ2n) is 11.3. The average molecular weight is 579 g/mol. The molecular formula is C33H38O9. The Labute approximate surface area is 245 Å². The number of benzene rings is 2. The number of aliphatic carboxylic acids is 1. The molecule has 2 unspecified atom stereocenters. The van der Waals surface area contributed by atoms with Gasteiger partial charge >= 0.3 is 17.9 Å². The van der Waals surface area contributed by atoms with Crippen LogP contribution in [0.2, 0.25) is 0 Å². The van der Waals surface area contributed by atoms with E-state index in [1.54, 1.807) is 12.1 Å². The molecule has 2 aromatic carbocycles. The van der Waals surface area contributed by atoms with E-state index < -0.39 is 60.1 Å². The second-order valence-corrected chi connectivity index (χ2v) is 11.3. The van der Waals surface area contributed by atoms with Crippen molar-refractivity contribution in [1.29, 1.82) is 0 Å². The lowest BCUT2D eigenvalue weighted by molar-refractivity contribution is -0.152. The highest BCUT2D eigenvalue weighted by molar-refractivity contribution is 5.90. The fraction of sp³-hybridized carbons (Fsp3) is 0.485. The summed E-state index contributed by atoms with van der Waals surface area (Å²) in [6.45, 7) is 0. The minimum atomic E-state index is -1.15. The van der Waals surface area contributed by atoms with E-state index in [2.05, 4.69) is 11.8 Å². The Kier molecular flexibility index (Phi) is 10.7. The Morgan fingerprint density at radius 3 is 2.36 bits per heavy atom. The van der Waals surface area contributed by atoms with Crippen molar-refractivity contribution in [2.75, 3.05) is 0 Å². The van der Waals surface area contributed by atoms with E-state index in [9.17, 15) is 39.9 Å². The molecular weight excluding hydrogens is 540 g/mol. The molecule has 5 N–H and O–H groups in total. The van der Waals surface area contributed by atoms with Gasteiger partial charge in [-0.3, -0.25) is 9.59 Å². The third-order valence-corrected chi connectivity index (χ3v) is 8.29. The van der Waals surface area contributed by atoms with Crippen LogP contribution in [0.4, 0.5) is 0 Å². The fourth-order valence-corrected chi connectivity index (χ4v) is 6.13. The molecule has 42 heavy (non-hydrogen) atoms. The summed E-state index contributed by atoms with van der Waals surface area (Å²) in [5, 5.41) is 51.7. The van der Waals surface area contributed by atoms with Crippen LogP contribution in [-0.2, 0) is 14.3 Å². The maximum atomic E-state index is 12.8. The summed E-state index contributed by atoms with van der Waals surface area (Å²) < 4.78 is 5.77. The maximum Gasteiger partial charge on any atom is 0.335 e. The number of cyclic esters (lactones) is 1. The van der Waals surface area contributed by atoms with Gasteiger partial charge in [0.05, 0.1) is 23.7 Å². The zero-order valence-electron chi connectivity index (χ0n) is 23.4. The van der Waals surface area contributed by atoms with E-state index in [0.29, 0.717) is 24.8 Å². The fourth-order valence-electron chi connectivity index (χ4n) is 6.13. The molecule has 0 saturated heterocycles. The zero-order chi connectivity index (χ0) is 30.2. The van der Waals surface area contributed by atoms with E-state index in [1.165, 1.54) is 6.07 Å². The number of fused-ring (bicyclic) bond motifs is 1. The van der Waals surface area contributed by atoms with Crippen LogP contribution >= 0.6 is 0 Å². The number of ether oxygens (including phenoxy) is 1. The molecule has 9 nitrogen and oxygen atoms in total. The number of esters is 1.